The van der Waals surface area contributed by atoms with Crippen LogP contribution in [0.1, 0.15) is 43.0 Å². The molecule has 1 atom stereocenters. The molecule has 0 bridgehead atoms. The number of piperidine rings is 1. The first kappa shape index (κ1) is 16.7. The van der Waals surface area contributed by atoms with Gasteiger partial charge in [-0.2, -0.15) is 0 Å². The summed E-state index contributed by atoms with van der Waals surface area (Å²) in [5.74, 6) is -0.258. The Kier molecular flexibility index (Phi) is 6.02. The summed E-state index contributed by atoms with van der Waals surface area (Å²) in [7, 11) is 0. The smallest absolute Gasteiger partial charge is 0.258 e. The van der Waals surface area contributed by atoms with Crippen molar-refractivity contribution in [3.8, 4) is 0 Å². The molecule has 1 aromatic rings. The number of nitrogens with one attached hydrogen (secondary N) is 1. The lowest BCUT2D eigenvalue weighted by molar-refractivity contribution is 0.0969. The maximum atomic E-state index is 12.3. The van der Waals surface area contributed by atoms with Crippen LogP contribution in [0.3, 0.4) is 0 Å². The van der Waals surface area contributed by atoms with Gasteiger partial charge in [0.15, 0.2) is 5.11 Å². The Morgan fingerprint density at radius 2 is 2.29 bits per heavy atom. The number of rotatable bonds is 2. The Hall–Kier alpha value is -0.650. The molecule has 0 aromatic heterocycles. The predicted molar refractivity (Wildman–Crippen MR) is 93.9 cm³/mol. The highest BCUT2D eigenvalue weighted by Crippen LogP contribution is 2.22. The quantitative estimate of drug-likeness (QED) is 0.762. The van der Waals surface area contributed by atoms with E-state index in [4.69, 9.17) is 23.8 Å². The average Bonchev–Trinajstić information content (AvgIpc) is 2.49. The minimum atomic E-state index is -0.258. The van der Waals surface area contributed by atoms with Gasteiger partial charge >= 0.3 is 0 Å². The van der Waals surface area contributed by atoms with E-state index in [1.165, 1.54) is 6.42 Å². The number of benzene rings is 1. The lowest BCUT2D eigenvalue weighted by Gasteiger charge is -2.37. The molecule has 2 rings (SSSR count). The second-order valence-electron chi connectivity index (χ2n) is 5.13. The number of halogens is 2. The maximum absolute atomic E-state index is 12.3. The molecule has 0 radical (unpaired) electrons. The summed E-state index contributed by atoms with van der Waals surface area (Å²) in [5.41, 5.74) is 0.429. The number of carbonyl (C=O) groups is 1. The van der Waals surface area contributed by atoms with Crippen molar-refractivity contribution < 1.29 is 4.79 Å². The van der Waals surface area contributed by atoms with Crippen molar-refractivity contribution >= 4 is 50.8 Å². The molecule has 1 aliphatic heterocycles. The van der Waals surface area contributed by atoms with Crippen LogP contribution in [0.15, 0.2) is 22.7 Å². The minimum Gasteiger partial charge on any atom is -0.346 e. The van der Waals surface area contributed by atoms with Crippen LogP contribution in [0.25, 0.3) is 0 Å². The van der Waals surface area contributed by atoms with E-state index in [2.05, 4.69) is 33.1 Å². The van der Waals surface area contributed by atoms with Crippen LogP contribution < -0.4 is 5.32 Å². The van der Waals surface area contributed by atoms with Crippen LogP contribution >= 0.6 is 39.7 Å². The van der Waals surface area contributed by atoms with Crippen molar-refractivity contribution in [3.63, 3.8) is 0 Å². The lowest BCUT2D eigenvalue weighted by atomic mass is 10.0. The second-order valence-corrected chi connectivity index (χ2v) is 6.84. The summed E-state index contributed by atoms with van der Waals surface area (Å²) in [4.78, 5) is 14.5. The predicted octanol–water partition coefficient (Wildman–Crippen LogP) is 4.38. The van der Waals surface area contributed by atoms with Crippen LogP contribution in [-0.2, 0) is 0 Å². The zero-order valence-electron chi connectivity index (χ0n) is 11.9. The summed E-state index contributed by atoms with van der Waals surface area (Å²) < 4.78 is 0.812. The van der Waals surface area contributed by atoms with Crippen molar-refractivity contribution in [3.05, 3.63) is 33.3 Å². The molecule has 1 aromatic carbocycles. The average molecular weight is 390 g/mol. The van der Waals surface area contributed by atoms with Crippen LogP contribution in [0, 0.1) is 0 Å². The first-order valence-electron chi connectivity index (χ1n) is 7.10. The van der Waals surface area contributed by atoms with E-state index >= 15 is 0 Å². The van der Waals surface area contributed by atoms with Gasteiger partial charge in [-0.25, -0.2) is 0 Å². The van der Waals surface area contributed by atoms with Gasteiger partial charge in [-0.05, 0) is 56.1 Å². The molecule has 1 aliphatic rings. The van der Waals surface area contributed by atoms with Crippen LogP contribution in [0.2, 0.25) is 5.02 Å². The normalized spacial score (nSPS) is 18.4. The molecule has 0 spiro atoms. The van der Waals surface area contributed by atoms with E-state index in [0.717, 1.165) is 30.3 Å². The molecule has 1 saturated heterocycles. The maximum Gasteiger partial charge on any atom is 0.258 e. The standard InChI is InChI=1S/C15H18BrClN2OS/c1-2-11-5-3-4-8-19(11)15(21)18-14(20)12-9-10(16)6-7-13(12)17/h6-7,9,11H,2-5,8H2,1H3,(H,18,20,21). The third-order valence-corrected chi connectivity index (χ3v) is 4.91. The van der Waals surface area contributed by atoms with Gasteiger partial charge in [-0.15, -0.1) is 0 Å². The van der Waals surface area contributed by atoms with Crippen molar-refractivity contribution in [2.45, 2.75) is 38.6 Å². The van der Waals surface area contributed by atoms with E-state index in [0.29, 0.717) is 21.7 Å². The minimum absolute atomic E-state index is 0.258. The molecule has 3 nitrogen and oxygen atoms in total. The lowest BCUT2D eigenvalue weighted by Crippen LogP contribution is -2.49. The Balaban J connectivity index is 2.08. The number of nitrogens with zero attached hydrogens (tertiary/aromatic N) is 1. The molecule has 1 heterocycles. The highest BCUT2D eigenvalue weighted by Gasteiger charge is 2.24. The second kappa shape index (κ2) is 7.56. The zero-order valence-corrected chi connectivity index (χ0v) is 15.0. The molecule has 0 saturated carbocycles. The van der Waals surface area contributed by atoms with Gasteiger partial charge in [0, 0.05) is 17.1 Å². The summed E-state index contributed by atoms with van der Waals surface area (Å²) in [6, 6.07) is 5.62. The van der Waals surface area contributed by atoms with Crippen molar-refractivity contribution in [2.24, 2.45) is 0 Å². The molecular formula is C15H18BrClN2OS. The Morgan fingerprint density at radius 3 is 3.00 bits per heavy atom. The van der Waals surface area contributed by atoms with E-state index in [1.54, 1.807) is 18.2 Å². The van der Waals surface area contributed by atoms with Gasteiger partial charge in [-0.3, -0.25) is 10.1 Å². The molecule has 1 fully saturated rings. The SMILES string of the molecule is CCC1CCCCN1C(=S)NC(=O)c1cc(Br)ccc1Cl. The monoisotopic (exact) mass is 388 g/mol. The molecule has 1 unspecified atom stereocenters. The Bertz CT molecular complexity index is 552. The third kappa shape index (κ3) is 4.18. The van der Waals surface area contributed by atoms with Crippen molar-refractivity contribution in [1.29, 1.82) is 0 Å². The van der Waals surface area contributed by atoms with Gasteiger partial charge in [0.25, 0.3) is 5.91 Å². The topological polar surface area (TPSA) is 32.3 Å². The highest BCUT2D eigenvalue weighted by atomic mass is 79.9. The van der Waals surface area contributed by atoms with Gasteiger partial charge in [0.1, 0.15) is 0 Å². The number of hydrogen-bond donors (Lipinski definition) is 1. The first-order chi connectivity index (χ1) is 10.0. The third-order valence-electron chi connectivity index (χ3n) is 3.75. The number of thiocarbonyl (C=S) groups is 1. The van der Waals surface area contributed by atoms with Crippen LogP contribution in [0.5, 0.6) is 0 Å². The fourth-order valence-electron chi connectivity index (χ4n) is 2.60. The van der Waals surface area contributed by atoms with Crippen LogP contribution in [-0.4, -0.2) is 28.5 Å². The van der Waals surface area contributed by atoms with Crippen molar-refractivity contribution in [2.75, 3.05) is 6.54 Å². The molecule has 114 valence electrons. The van der Waals surface area contributed by atoms with Crippen molar-refractivity contribution in [1.82, 2.24) is 10.2 Å². The molecule has 0 aliphatic carbocycles. The van der Waals surface area contributed by atoms with Gasteiger partial charge < -0.3 is 4.90 Å². The van der Waals surface area contributed by atoms with E-state index in [1.807, 2.05) is 0 Å². The summed E-state index contributed by atoms with van der Waals surface area (Å²) in [6.07, 6.45) is 4.50. The van der Waals surface area contributed by atoms with Gasteiger partial charge in [0.05, 0.1) is 10.6 Å². The molecule has 21 heavy (non-hydrogen) atoms. The van der Waals surface area contributed by atoms with E-state index in [-0.39, 0.29) is 5.91 Å². The van der Waals surface area contributed by atoms with Crippen LogP contribution in [0.4, 0.5) is 0 Å². The zero-order chi connectivity index (χ0) is 15.4. The molecule has 1 amide bonds. The Morgan fingerprint density at radius 1 is 1.52 bits per heavy atom. The summed E-state index contributed by atoms with van der Waals surface area (Å²) >= 11 is 14.8. The molecule has 6 heteroatoms. The first-order valence-corrected chi connectivity index (χ1v) is 8.68. The number of amides is 1. The van der Waals surface area contributed by atoms with E-state index < -0.39 is 0 Å². The Labute approximate surface area is 144 Å². The summed E-state index contributed by atoms with van der Waals surface area (Å²) in [6.45, 7) is 3.06. The molecule has 1 N–H and O–H groups in total. The number of hydrogen-bond acceptors (Lipinski definition) is 2. The molecular weight excluding hydrogens is 372 g/mol. The highest BCUT2D eigenvalue weighted by molar-refractivity contribution is 9.10. The summed E-state index contributed by atoms with van der Waals surface area (Å²) in [5, 5.41) is 3.73. The van der Waals surface area contributed by atoms with Gasteiger partial charge in [0.2, 0.25) is 0 Å². The van der Waals surface area contributed by atoms with E-state index in [9.17, 15) is 4.79 Å². The largest absolute Gasteiger partial charge is 0.346 e. The number of likely N-dealkylation sites (tertiary alicyclic amines) is 1. The fraction of sp³-hybridized carbons (Fsp3) is 0.467. The fourth-order valence-corrected chi connectivity index (χ4v) is 3.50. The van der Waals surface area contributed by atoms with Gasteiger partial charge in [-0.1, -0.05) is 34.5 Å². The number of carbonyl (C=O) groups excluding carboxylic acids is 1.